The molecule has 1 amide bonds. The summed E-state index contributed by atoms with van der Waals surface area (Å²) in [5.74, 6) is 2.17. The van der Waals surface area contributed by atoms with Crippen molar-refractivity contribution in [3.05, 3.63) is 54.1 Å². The van der Waals surface area contributed by atoms with E-state index in [4.69, 9.17) is 9.47 Å². The van der Waals surface area contributed by atoms with Crippen LogP contribution in [0.4, 0.5) is 5.69 Å². The molecule has 0 bridgehead atoms. The zero-order valence-electron chi connectivity index (χ0n) is 17.4. The van der Waals surface area contributed by atoms with Crippen LogP contribution in [0.25, 0.3) is 0 Å². The lowest BCUT2D eigenvalue weighted by molar-refractivity contribution is -0.117. The monoisotopic (exact) mass is 524 g/mol. The summed E-state index contributed by atoms with van der Waals surface area (Å²) < 4.78 is 10.8. The number of anilines is 1. The Kier molecular flexibility index (Phi) is 9.72. The molecule has 3 rings (SSSR count). The molecule has 0 unspecified atom stereocenters. The van der Waals surface area contributed by atoms with E-state index in [-0.39, 0.29) is 36.4 Å². The number of guanidine groups is 1. The standard InChI is InChI=1S/C22H28N4O3.HI/c1-23-22(24-13-15-29-19-11-9-18(28-2)10-12-19)25-16-21(27)26-14-5-7-17-6-3-4-8-20(17)26;/h3-4,6,8-12H,5,7,13-16H2,1-2H3,(H2,23,24,25);1H. The first-order chi connectivity index (χ1) is 14.2. The van der Waals surface area contributed by atoms with Gasteiger partial charge < -0.3 is 25.0 Å². The first-order valence-electron chi connectivity index (χ1n) is 9.81. The van der Waals surface area contributed by atoms with Gasteiger partial charge in [-0.1, -0.05) is 18.2 Å². The molecule has 162 valence electrons. The molecule has 0 atom stereocenters. The summed E-state index contributed by atoms with van der Waals surface area (Å²) in [4.78, 5) is 18.7. The van der Waals surface area contributed by atoms with E-state index in [9.17, 15) is 4.79 Å². The van der Waals surface area contributed by atoms with Crippen LogP contribution < -0.4 is 25.0 Å². The van der Waals surface area contributed by atoms with Gasteiger partial charge in [-0.05, 0) is 48.7 Å². The minimum Gasteiger partial charge on any atom is -0.497 e. The third kappa shape index (κ3) is 6.51. The lowest BCUT2D eigenvalue weighted by Crippen LogP contribution is -2.46. The van der Waals surface area contributed by atoms with Crippen molar-refractivity contribution in [3.8, 4) is 11.5 Å². The summed E-state index contributed by atoms with van der Waals surface area (Å²) in [7, 11) is 3.31. The second-order valence-electron chi connectivity index (χ2n) is 6.65. The Hall–Kier alpha value is -2.49. The van der Waals surface area contributed by atoms with Gasteiger partial charge in [-0.25, -0.2) is 0 Å². The third-order valence-electron chi connectivity index (χ3n) is 4.76. The van der Waals surface area contributed by atoms with Crippen molar-refractivity contribution in [2.75, 3.05) is 45.3 Å². The molecule has 0 aromatic heterocycles. The number of amides is 1. The summed E-state index contributed by atoms with van der Waals surface area (Å²) in [5.41, 5.74) is 2.24. The predicted molar refractivity (Wildman–Crippen MR) is 130 cm³/mol. The van der Waals surface area contributed by atoms with Crippen LogP contribution in [0, 0.1) is 0 Å². The molecule has 2 aromatic carbocycles. The molecule has 8 heteroatoms. The third-order valence-corrected chi connectivity index (χ3v) is 4.76. The Balaban J connectivity index is 0.00000320. The number of nitrogens with zero attached hydrogens (tertiary/aromatic N) is 2. The number of benzene rings is 2. The van der Waals surface area contributed by atoms with Crippen LogP contribution in [0.15, 0.2) is 53.5 Å². The number of aryl methyl sites for hydroxylation is 1. The van der Waals surface area contributed by atoms with Crippen molar-refractivity contribution >= 4 is 41.5 Å². The van der Waals surface area contributed by atoms with E-state index >= 15 is 0 Å². The van der Waals surface area contributed by atoms with Crippen LogP contribution in [0.1, 0.15) is 12.0 Å². The minimum absolute atomic E-state index is 0. The molecule has 30 heavy (non-hydrogen) atoms. The molecule has 0 aliphatic carbocycles. The van der Waals surface area contributed by atoms with Crippen molar-refractivity contribution in [1.82, 2.24) is 10.6 Å². The first kappa shape index (κ1) is 23.8. The topological polar surface area (TPSA) is 75.2 Å². The quantitative estimate of drug-likeness (QED) is 0.252. The number of aliphatic imine (C=N–C) groups is 1. The highest BCUT2D eigenvalue weighted by Gasteiger charge is 2.21. The number of rotatable bonds is 7. The number of hydrogen-bond acceptors (Lipinski definition) is 4. The Morgan fingerprint density at radius 1 is 1.10 bits per heavy atom. The molecule has 7 nitrogen and oxygen atoms in total. The number of nitrogens with one attached hydrogen (secondary N) is 2. The van der Waals surface area contributed by atoms with Gasteiger partial charge in [-0.15, -0.1) is 24.0 Å². The van der Waals surface area contributed by atoms with E-state index in [0.29, 0.717) is 19.1 Å². The first-order valence-corrected chi connectivity index (χ1v) is 9.81. The maximum atomic E-state index is 12.7. The number of ether oxygens (including phenoxy) is 2. The number of para-hydroxylation sites is 1. The molecule has 1 aliphatic rings. The van der Waals surface area contributed by atoms with Crippen molar-refractivity contribution in [1.29, 1.82) is 0 Å². The van der Waals surface area contributed by atoms with Gasteiger partial charge in [-0.3, -0.25) is 9.79 Å². The molecule has 2 N–H and O–H groups in total. The van der Waals surface area contributed by atoms with Gasteiger partial charge in [0.2, 0.25) is 5.91 Å². The maximum absolute atomic E-state index is 12.7. The van der Waals surface area contributed by atoms with Crippen LogP contribution in [0.5, 0.6) is 11.5 Å². The summed E-state index contributed by atoms with van der Waals surface area (Å²) in [6, 6.07) is 15.5. The second kappa shape index (κ2) is 12.3. The second-order valence-corrected chi connectivity index (χ2v) is 6.65. The number of methoxy groups -OCH3 is 1. The van der Waals surface area contributed by atoms with E-state index < -0.39 is 0 Å². The molecule has 0 spiro atoms. The zero-order chi connectivity index (χ0) is 20.5. The SMILES string of the molecule is CN=C(NCCOc1ccc(OC)cc1)NCC(=O)N1CCCc2ccccc21.I. The van der Waals surface area contributed by atoms with Gasteiger partial charge in [0.15, 0.2) is 5.96 Å². The Morgan fingerprint density at radius 2 is 1.83 bits per heavy atom. The summed E-state index contributed by atoms with van der Waals surface area (Å²) in [6.45, 7) is 1.97. The highest BCUT2D eigenvalue weighted by atomic mass is 127. The van der Waals surface area contributed by atoms with Gasteiger partial charge in [0.1, 0.15) is 18.1 Å². The molecule has 1 aliphatic heterocycles. The lowest BCUT2D eigenvalue weighted by atomic mass is 10.0. The lowest BCUT2D eigenvalue weighted by Gasteiger charge is -2.29. The van der Waals surface area contributed by atoms with E-state index in [1.54, 1.807) is 14.2 Å². The molecule has 2 aromatic rings. The van der Waals surface area contributed by atoms with E-state index in [1.165, 1.54) is 5.56 Å². The summed E-state index contributed by atoms with van der Waals surface area (Å²) in [5, 5.41) is 6.24. The number of halogens is 1. The van der Waals surface area contributed by atoms with Crippen LogP contribution in [-0.2, 0) is 11.2 Å². The minimum atomic E-state index is 0. The fourth-order valence-electron chi connectivity index (χ4n) is 3.28. The largest absolute Gasteiger partial charge is 0.497 e. The van der Waals surface area contributed by atoms with Crippen LogP contribution in [-0.4, -0.2) is 52.3 Å². The Morgan fingerprint density at radius 3 is 2.57 bits per heavy atom. The number of fused-ring (bicyclic) bond motifs is 1. The van der Waals surface area contributed by atoms with E-state index in [1.807, 2.05) is 47.4 Å². The Labute approximate surface area is 194 Å². The summed E-state index contributed by atoms with van der Waals surface area (Å²) in [6.07, 6.45) is 2.00. The van der Waals surface area contributed by atoms with Crippen LogP contribution >= 0.6 is 24.0 Å². The average Bonchev–Trinajstić information content (AvgIpc) is 2.78. The number of carbonyl (C=O) groups is 1. The maximum Gasteiger partial charge on any atom is 0.246 e. The molecule has 0 saturated heterocycles. The van der Waals surface area contributed by atoms with Gasteiger partial charge in [0.05, 0.1) is 20.2 Å². The van der Waals surface area contributed by atoms with Crippen LogP contribution in [0.3, 0.4) is 0 Å². The van der Waals surface area contributed by atoms with Gasteiger partial charge >= 0.3 is 0 Å². The molecule has 0 saturated carbocycles. The zero-order valence-corrected chi connectivity index (χ0v) is 19.7. The fourth-order valence-corrected chi connectivity index (χ4v) is 3.28. The molecule has 0 radical (unpaired) electrons. The van der Waals surface area contributed by atoms with Gasteiger partial charge in [-0.2, -0.15) is 0 Å². The predicted octanol–water partition coefficient (Wildman–Crippen LogP) is 2.84. The molecule has 1 heterocycles. The van der Waals surface area contributed by atoms with E-state index in [0.717, 1.165) is 36.6 Å². The number of carbonyl (C=O) groups excluding carboxylic acids is 1. The van der Waals surface area contributed by atoms with Crippen molar-refractivity contribution in [2.24, 2.45) is 4.99 Å². The highest BCUT2D eigenvalue weighted by molar-refractivity contribution is 14.0. The van der Waals surface area contributed by atoms with Gasteiger partial charge in [0.25, 0.3) is 0 Å². The van der Waals surface area contributed by atoms with Gasteiger partial charge in [0, 0.05) is 19.3 Å². The fraction of sp³-hybridized carbons (Fsp3) is 0.364. The summed E-state index contributed by atoms with van der Waals surface area (Å²) >= 11 is 0. The van der Waals surface area contributed by atoms with Crippen molar-refractivity contribution in [3.63, 3.8) is 0 Å². The van der Waals surface area contributed by atoms with Crippen molar-refractivity contribution in [2.45, 2.75) is 12.8 Å². The van der Waals surface area contributed by atoms with Crippen LogP contribution in [0.2, 0.25) is 0 Å². The normalized spacial score (nSPS) is 13.0. The highest BCUT2D eigenvalue weighted by Crippen LogP contribution is 2.26. The molecular formula is C22H29IN4O3. The van der Waals surface area contributed by atoms with Crippen molar-refractivity contribution < 1.29 is 14.3 Å². The molecular weight excluding hydrogens is 495 g/mol. The van der Waals surface area contributed by atoms with E-state index in [2.05, 4.69) is 21.7 Å². The Bertz CT molecular complexity index is 843. The number of hydrogen-bond donors (Lipinski definition) is 2. The molecule has 0 fully saturated rings. The average molecular weight is 524 g/mol. The smallest absolute Gasteiger partial charge is 0.246 e.